The number of hydrogen-bond donors (Lipinski definition) is 1. The van der Waals surface area contributed by atoms with Gasteiger partial charge in [-0.25, -0.2) is 0 Å². The fraction of sp³-hybridized carbons (Fsp3) is 0.250. The Labute approximate surface area is 115 Å². The predicted molar refractivity (Wildman–Crippen MR) is 70.3 cm³/mol. The third-order valence-electron chi connectivity index (χ3n) is 2.14. The normalized spacial score (nSPS) is 10.5. The molecule has 0 spiro atoms. The average Bonchev–Trinajstić information content (AvgIpc) is 2.26. The van der Waals surface area contributed by atoms with Crippen molar-refractivity contribution in [3.05, 3.63) is 42.5 Å². The first-order valence-electron chi connectivity index (χ1n) is 5.16. The molecule has 106 valence electrons. The van der Waals surface area contributed by atoms with Gasteiger partial charge in [-0.15, -0.1) is 19.0 Å². The van der Waals surface area contributed by atoms with Crippen LogP contribution in [0.4, 0.5) is 18.9 Å². The highest BCUT2D eigenvalue weighted by atomic mass is 35.5. The van der Waals surface area contributed by atoms with Gasteiger partial charge in [0, 0.05) is 17.8 Å². The van der Waals surface area contributed by atoms with Gasteiger partial charge in [0.2, 0.25) is 0 Å². The van der Waals surface area contributed by atoms with E-state index in [0.29, 0.717) is 10.6 Å². The minimum atomic E-state index is -4.45. The van der Waals surface area contributed by atoms with Crippen LogP contribution in [0, 0.1) is 0 Å². The Hall–Kier alpha value is -1.69. The van der Waals surface area contributed by atoms with E-state index < -0.39 is 18.6 Å². The second-order valence-corrected chi connectivity index (χ2v) is 3.71. The number of halogens is 4. The van der Waals surface area contributed by atoms with Gasteiger partial charge in [-0.05, 0) is 18.2 Å². The van der Waals surface area contributed by atoms with Crippen LogP contribution >= 0.6 is 12.4 Å². The van der Waals surface area contributed by atoms with Gasteiger partial charge in [-0.2, -0.15) is 13.2 Å². The minimum absolute atomic E-state index is 0. The number of benzene rings is 1. The first-order valence-corrected chi connectivity index (χ1v) is 5.16. The zero-order valence-corrected chi connectivity index (χ0v) is 10.8. The molecule has 0 aliphatic carbocycles. The van der Waals surface area contributed by atoms with Crippen molar-refractivity contribution < 1.29 is 18.0 Å². The topological polar surface area (TPSA) is 46.3 Å². The van der Waals surface area contributed by atoms with Crippen molar-refractivity contribution in [1.82, 2.24) is 4.90 Å². The summed E-state index contributed by atoms with van der Waals surface area (Å²) in [5.74, 6) is -0.723. The SMILES string of the molecule is C=CCN(CC(F)(F)F)C(=O)c1cccc(N)c1.Cl. The molecule has 0 radical (unpaired) electrons. The Morgan fingerprint density at radius 1 is 1.42 bits per heavy atom. The molecule has 1 rings (SSSR count). The first-order chi connectivity index (χ1) is 8.33. The number of hydrogen-bond acceptors (Lipinski definition) is 2. The van der Waals surface area contributed by atoms with Crippen molar-refractivity contribution in [2.75, 3.05) is 18.8 Å². The molecule has 1 aromatic rings. The maximum absolute atomic E-state index is 12.3. The van der Waals surface area contributed by atoms with Crippen molar-refractivity contribution in [2.45, 2.75) is 6.18 Å². The molecular weight excluding hydrogens is 281 g/mol. The van der Waals surface area contributed by atoms with Crippen LogP contribution in [-0.2, 0) is 0 Å². The molecule has 7 heteroatoms. The lowest BCUT2D eigenvalue weighted by atomic mass is 10.1. The maximum atomic E-state index is 12.3. The summed E-state index contributed by atoms with van der Waals surface area (Å²) in [6.07, 6.45) is -3.20. The van der Waals surface area contributed by atoms with Crippen molar-refractivity contribution in [3.63, 3.8) is 0 Å². The number of alkyl halides is 3. The average molecular weight is 295 g/mol. The zero-order chi connectivity index (χ0) is 13.8. The number of carbonyl (C=O) groups is 1. The van der Waals surface area contributed by atoms with E-state index in [9.17, 15) is 18.0 Å². The molecule has 0 saturated heterocycles. The lowest BCUT2D eigenvalue weighted by Gasteiger charge is -2.22. The Morgan fingerprint density at radius 3 is 2.53 bits per heavy atom. The van der Waals surface area contributed by atoms with Gasteiger partial charge >= 0.3 is 6.18 Å². The second kappa shape index (κ2) is 7.04. The molecule has 0 unspecified atom stereocenters. The summed E-state index contributed by atoms with van der Waals surface area (Å²) in [5, 5.41) is 0. The van der Waals surface area contributed by atoms with E-state index in [0.717, 1.165) is 0 Å². The minimum Gasteiger partial charge on any atom is -0.399 e. The second-order valence-electron chi connectivity index (χ2n) is 3.71. The van der Waals surface area contributed by atoms with Crippen molar-refractivity contribution in [1.29, 1.82) is 0 Å². The summed E-state index contributed by atoms with van der Waals surface area (Å²) in [4.78, 5) is 12.6. The lowest BCUT2D eigenvalue weighted by Crippen LogP contribution is -2.39. The molecule has 0 aliphatic rings. The summed E-state index contributed by atoms with van der Waals surface area (Å²) >= 11 is 0. The van der Waals surface area contributed by atoms with Crippen LogP contribution in [0.1, 0.15) is 10.4 Å². The molecule has 0 aromatic heterocycles. The van der Waals surface area contributed by atoms with E-state index in [1.54, 1.807) is 6.07 Å². The molecule has 0 aliphatic heterocycles. The molecule has 0 fully saturated rings. The zero-order valence-electron chi connectivity index (χ0n) is 9.98. The summed E-state index contributed by atoms with van der Waals surface area (Å²) < 4.78 is 37.0. The Balaban J connectivity index is 0.00000324. The monoisotopic (exact) mass is 294 g/mol. The van der Waals surface area contributed by atoms with Crippen LogP contribution in [0.25, 0.3) is 0 Å². The van der Waals surface area contributed by atoms with Gasteiger partial charge in [0.15, 0.2) is 0 Å². The van der Waals surface area contributed by atoms with E-state index in [1.807, 2.05) is 0 Å². The van der Waals surface area contributed by atoms with Crippen LogP contribution in [0.2, 0.25) is 0 Å². The predicted octanol–water partition coefficient (Wildman–Crippen LogP) is 2.88. The van der Waals surface area contributed by atoms with Crippen LogP contribution < -0.4 is 5.73 Å². The Kier molecular flexibility index (Phi) is 6.41. The number of anilines is 1. The number of amides is 1. The molecule has 19 heavy (non-hydrogen) atoms. The number of nitrogen functional groups attached to an aromatic ring is 1. The number of rotatable bonds is 4. The van der Waals surface area contributed by atoms with Gasteiger partial charge in [0.1, 0.15) is 6.54 Å². The molecule has 2 N–H and O–H groups in total. The van der Waals surface area contributed by atoms with Gasteiger partial charge in [0.25, 0.3) is 5.91 Å². The van der Waals surface area contributed by atoms with Crippen LogP contribution in [0.5, 0.6) is 0 Å². The standard InChI is InChI=1S/C12H13F3N2O.ClH/c1-2-6-17(8-12(13,14)15)11(18)9-4-3-5-10(16)7-9;/h2-5,7H,1,6,8,16H2;1H. The van der Waals surface area contributed by atoms with Crippen molar-refractivity contribution >= 4 is 24.0 Å². The summed E-state index contributed by atoms with van der Waals surface area (Å²) in [6.45, 7) is 1.85. The summed E-state index contributed by atoms with van der Waals surface area (Å²) in [7, 11) is 0. The molecule has 1 amide bonds. The molecule has 0 heterocycles. The fourth-order valence-corrected chi connectivity index (χ4v) is 1.45. The van der Waals surface area contributed by atoms with E-state index >= 15 is 0 Å². The highest BCUT2D eigenvalue weighted by Gasteiger charge is 2.32. The molecule has 1 aromatic carbocycles. The van der Waals surface area contributed by atoms with Gasteiger partial charge < -0.3 is 10.6 Å². The van der Waals surface area contributed by atoms with Gasteiger partial charge in [-0.1, -0.05) is 12.1 Å². The van der Waals surface area contributed by atoms with E-state index in [-0.39, 0.29) is 24.5 Å². The molecular formula is C12H14ClF3N2O. The smallest absolute Gasteiger partial charge is 0.399 e. The van der Waals surface area contributed by atoms with Gasteiger partial charge in [0.05, 0.1) is 0 Å². The number of nitrogens with zero attached hydrogens (tertiary/aromatic N) is 1. The van der Waals surface area contributed by atoms with E-state index in [4.69, 9.17) is 5.73 Å². The van der Waals surface area contributed by atoms with Gasteiger partial charge in [-0.3, -0.25) is 4.79 Å². The van der Waals surface area contributed by atoms with Crippen molar-refractivity contribution in [3.8, 4) is 0 Å². The maximum Gasteiger partial charge on any atom is 0.406 e. The summed E-state index contributed by atoms with van der Waals surface area (Å²) in [6, 6.07) is 5.83. The van der Waals surface area contributed by atoms with Crippen LogP contribution in [-0.4, -0.2) is 30.1 Å². The van der Waals surface area contributed by atoms with E-state index in [1.165, 1.54) is 24.3 Å². The molecule has 0 bridgehead atoms. The summed E-state index contributed by atoms with van der Waals surface area (Å²) in [5.41, 5.74) is 5.94. The quantitative estimate of drug-likeness (QED) is 0.685. The lowest BCUT2D eigenvalue weighted by molar-refractivity contribution is -0.139. The van der Waals surface area contributed by atoms with Crippen LogP contribution in [0.3, 0.4) is 0 Å². The first kappa shape index (κ1) is 17.3. The molecule has 0 saturated carbocycles. The Bertz CT molecular complexity index is 449. The van der Waals surface area contributed by atoms with Crippen LogP contribution in [0.15, 0.2) is 36.9 Å². The molecule has 3 nitrogen and oxygen atoms in total. The highest BCUT2D eigenvalue weighted by Crippen LogP contribution is 2.18. The Morgan fingerprint density at radius 2 is 2.05 bits per heavy atom. The van der Waals surface area contributed by atoms with Crippen molar-refractivity contribution in [2.24, 2.45) is 0 Å². The largest absolute Gasteiger partial charge is 0.406 e. The third-order valence-corrected chi connectivity index (χ3v) is 2.14. The molecule has 0 atom stereocenters. The number of carbonyl (C=O) groups excluding carboxylic acids is 1. The van der Waals surface area contributed by atoms with E-state index in [2.05, 4.69) is 6.58 Å². The fourth-order valence-electron chi connectivity index (χ4n) is 1.45. The highest BCUT2D eigenvalue weighted by molar-refractivity contribution is 5.95. The third kappa shape index (κ3) is 5.65. The number of nitrogens with two attached hydrogens (primary N) is 1.